The van der Waals surface area contributed by atoms with Gasteiger partial charge in [0.1, 0.15) is 5.88 Å². The molecule has 1 aromatic carbocycles. The average molecular weight is 241 g/mol. The topological polar surface area (TPSA) is 49.4 Å². The van der Waals surface area contributed by atoms with Crippen LogP contribution in [-0.4, -0.2) is 24.7 Å². The summed E-state index contributed by atoms with van der Waals surface area (Å²) in [4.78, 5) is 23.6. The summed E-state index contributed by atoms with van der Waals surface area (Å²) in [5, 5.41) is 2.61. The van der Waals surface area contributed by atoms with Crippen molar-refractivity contribution in [3.05, 3.63) is 24.3 Å². The third-order valence-electron chi connectivity index (χ3n) is 2.13. The number of carbonyl (C=O) groups excluding carboxylic acids is 2. The summed E-state index contributed by atoms with van der Waals surface area (Å²) in [5.41, 5.74) is 1.43. The van der Waals surface area contributed by atoms with Gasteiger partial charge < -0.3 is 10.2 Å². The van der Waals surface area contributed by atoms with Gasteiger partial charge in [-0.05, 0) is 24.3 Å². The second kappa shape index (κ2) is 5.51. The molecule has 4 nitrogen and oxygen atoms in total. The summed E-state index contributed by atoms with van der Waals surface area (Å²) in [7, 11) is 1.69. The molecular weight excluding hydrogens is 228 g/mol. The van der Waals surface area contributed by atoms with Crippen LogP contribution < -0.4 is 10.2 Å². The van der Waals surface area contributed by atoms with Gasteiger partial charge in [-0.2, -0.15) is 0 Å². The summed E-state index contributed by atoms with van der Waals surface area (Å²) in [6, 6.07) is 6.95. The Bertz CT molecular complexity index is 389. The lowest BCUT2D eigenvalue weighted by atomic mass is 10.2. The number of rotatable bonds is 3. The van der Waals surface area contributed by atoms with Crippen LogP contribution in [0, 0.1) is 0 Å². The number of hydrogen-bond acceptors (Lipinski definition) is 2. The van der Waals surface area contributed by atoms with Crippen molar-refractivity contribution in [1.29, 1.82) is 0 Å². The van der Waals surface area contributed by atoms with Crippen LogP contribution in [0.4, 0.5) is 11.4 Å². The van der Waals surface area contributed by atoms with Crippen LogP contribution in [0.5, 0.6) is 0 Å². The van der Waals surface area contributed by atoms with Crippen molar-refractivity contribution in [3.63, 3.8) is 0 Å². The SMILES string of the molecule is CC(=O)N(C)c1ccc(NC(=O)CCl)cc1. The normalized spacial score (nSPS) is 9.69. The van der Waals surface area contributed by atoms with E-state index in [0.29, 0.717) is 5.69 Å². The molecule has 0 radical (unpaired) electrons. The second-order valence-electron chi connectivity index (χ2n) is 3.31. The van der Waals surface area contributed by atoms with Gasteiger partial charge in [0.2, 0.25) is 11.8 Å². The van der Waals surface area contributed by atoms with Crippen molar-refractivity contribution in [2.24, 2.45) is 0 Å². The number of alkyl halides is 1. The lowest BCUT2D eigenvalue weighted by Crippen LogP contribution is -2.22. The Kier molecular flexibility index (Phi) is 4.31. The standard InChI is InChI=1S/C11H13ClN2O2/c1-8(15)14(2)10-5-3-9(4-6-10)13-11(16)7-12/h3-6H,7H2,1-2H3,(H,13,16). The number of nitrogens with zero attached hydrogens (tertiary/aromatic N) is 1. The molecule has 0 aromatic heterocycles. The Morgan fingerprint density at radius 3 is 2.31 bits per heavy atom. The quantitative estimate of drug-likeness (QED) is 0.820. The van der Waals surface area contributed by atoms with Crippen molar-refractivity contribution in [2.45, 2.75) is 6.92 Å². The lowest BCUT2D eigenvalue weighted by molar-refractivity contribution is -0.116. The maximum atomic E-state index is 11.1. The zero-order valence-corrected chi connectivity index (χ0v) is 9.91. The molecule has 1 rings (SSSR count). The molecule has 16 heavy (non-hydrogen) atoms. The number of carbonyl (C=O) groups is 2. The fourth-order valence-electron chi connectivity index (χ4n) is 1.14. The van der Waals surface area contributed by atoms with Gasteiger partial charge in [-0.25, -0.2) is 0 Å². The van der Waals surface area contributed by atoms with E-state index < -0.39 is 0 Å². The van der Waals surface area contributed by atoms with Gasteiger partial charge in [-0.15, -0.1) is 11.6 Å². The molecule has 0 aliphatic rings. The fraction of sp³-hybridized carbons (Fsp3) is 0.273. The van der Waals surface area contributed by atoms with Gasteiger partial charge >= 0.3 is 0 Å². The number of hydrogen-bond donors (Lipinski definition) is 1. The summed E-state index contributed by atoms with van der Waals surface area (Å²) in [6.07, 6.45) is 0. The number of anilines is 2. The molecule has 5 heteroatoms. The van der Waals surface area contributed by atoms with Crippen LogP contribution in [0.2, 0.25) is 0 Å². The minimum Gasteiger partial charge on any atom is -0.325 e. The predicted octanol–water partition coefficient (Wildman–Crippen LogP) is 1.85. The van der Waals surface area contributed by atoms with Crippen LogP contribution in [0.3, 0.4) is 0 Å². The summed E-state index contributed by atoms with van der Waals surface area (Å²) in [5.74, 6) is -0.373. The number of amides is 2. The second-order valence-corrected chi connectivity index (χ2v) is 3.57. The highest BCUT2D eigenvalue weighted by atomic mass is 35.5. The van der Waals surface area contributed by atoms with E-state index in [-0.39, 0.29) is 17.7 Å². The molecule has 1 aromatic rings. The van der Waals surface area contributed by atoms with Crippen molar-refractivity contribution in [3.8, 4) is 0 Å². The highest BCUT2D eigenvalue weighted by Crippen LogP contribution is 2.16. The molecule has 2 amide bonds. The Morgan fingerprint density at radius 1 is 1.31 bits per heavy atom. The molecule has 0 aliphatic heterocycles. The average Bonchev–Trinajstić information content (AvgIpc) is 2.28. The smallest absolute Gasteiger partial charge is 0.239 e. The third-order valence-corrected chi connectivity index (χ3v) is 2.37. The lowest BCUT2D eigenvalue weighted by Gasteiger charge is -2.15. The number of halogens is 1. The van der Waals surface area contributed by atoms with Crippen molar-refractivity contribution in [2.75, 3.05) is 23.1 Å². The van der Waals surface area contributed by atoms with Crippen LogP contribution in [0.1, 0.15) is 6.92 Å². The van der Waals surface area contributed by atoms with Gasteiger partial charge in [0.05, 0.1) is 0 Å². The van der Waals surface area contributed by atoms with Crippen LogP contribution >= 0.6 is 11.6 Å². The van der Waals surface area contributed by atoms with E-state index in [1.807, 2.05) is 0 Å². The molecule has 0 atom stereocenters. The molecule has 0 saturated carbocycles. The summed E-state index contributed by atoms with van der Waals surface area (Å²) >= 11 is 5.36. The number of benzene rings is 1. The zero-order valence-electron chi connectivity index (χ0n) is 9.16. The molecule has 0 fully saturated rings. The molecule has 0 aliphatic carbocycles. The molecule has 86 valence electrons. The van der Waals surface area contributed by atoms with E-state index in [4.69, 9.17) is 11.6 Å². The largest absolute Gasteiger partial charge is 0.325 e. The van der Waals surface area contributed by atoms with Crippen LogP contribution in [0.15, 0.2) is 24.3 Å². The Balaban J connectivity index is 2.75. The van der Waals surface area contributed by atoms with Crippen LogP contribution in [-0.2, 0) is 9.59 Å². The third kappa shape index (κ3) is 3.24. The Morgan fingerprint density at radius 2 is 1.88 bits per heavy atom. The van der Waals surface area contributed by atoms with Gasteiger partial charge in [0, 0.05) is 25.3 Å². The molecule has 1 N–H and O–H groups in total. The number of nitrogens with one attached hydrogen (secondary N) is 1. The van der Waals surface area contributed by atoms with Gasteiger partial charge in [-0.1, -0.05) is 0 Å². The van der Waals surface area contributed by atoms with Gasteiger partial charge in [0.25, 0.3) is 0 Å². The Hall–Kier alpha value is -1.55. The zero-order chi connectivity index (χ0) is 12.1. The molecule has 0 bridgehead atoms. The van der Waals surface area contributed by atoms with E-state index >= 15 is 0 Å². The fourth-order valence-corrected chi connectivity index (χ4v) is 1.21. The predicted molar refractivity (Wildman–Crippen MR) is 64.9 cm³/mol. The highest BCUT2D eigenvalue weighted by molar-refractivity contribution is 6.29. The molecule has 0 saturated heterocycles. The van der Waals surface area contributed by atoms with Crippen LogP contribution in [0.25, 0.3) is 0 Å². The van der Waals surface area contributed by atoms with E-state index in [1.165, 1.54) is 11.8 Å². The molecule has 0 unspecified atom stereocenters. The molecule has 0 spiro atoms. The van der Waals surface area contributed by atoms with Crippen molar-refractivity contribution < 1.29 is 9.59 Å². The minimum atomic E-state index is -0.255. The molecular formula is C11H13ClN2O2. The van der Waals surface area contributed by atoms with E-state index in [1.54, 1.807) is 31.3 Å². The Labute approximate surface area is 99.2 Å². The minimum absolute atomic E-state index is 0.0439. The van der Waals surface area contributed by atoms with Crippen molar-refractivity contribution in [1.82, 2.24) is 0 Å². The first kappa shape index (κ1) is 12.5. The monoisotopic (exact) mass is 240 g/mol. The van der Waals surface area contributed by atoms with Gasteiger partial charge in [-0.3, -0.25) is 9.59 Å². The summed E-state index contributed by atoms with van der Waals surface area (Å²) < 4.78 is 0. The first-order valence-electron chi connectivity index (χ1n) is 4.74. The van der Waals surface area contributed by atoms with E-state index in [9.17, 15) is 9.59 Å². The maximum absolute atomic E-state index is 11.1. The highest BCUT2D eigenvalue weighted by Gasteiger charge is 2.05. The molecule has 0 heterocycles. The summed E-state index contributed by atoms with van der Waals surface area (Å²) in [6.45, 7) is 1.49. The maximum Gasteiger partial charge on any atom is 0.239 e. The van der Waals surface area contributed by atoms with E-state index in [0.717, 1.165) is 5.69 Å². The first-order valence-corrected chi connectivity index (χ1v) is 5.28. The first-order chi connectivity index (χ1) is 7.54. The van der Waals surface area contributed by atoms with Gasteiger partial charge in [0.15, 0.2) is 0 Å². The van der Waals surface area contributed by atoms with Crippen molar-refractivity contribution >= 4 is 34.8 Å². The van der Waals surface area contributed by atoms with E-state index in [2.05, 4.69) is 5.32 Å².